The zero-order valence-corrected chi connectivity index (χ0v) is 23.5. The molecule has 0 amide bonds. The van der Waals surface area contributed by atoms with Crippen LogP contribution in [0.15, 0.2) is 48.7 Å². The monoisotopic (exact) mass is 530 g/mol. The van der Waals surface area contributed by atoms with Gasteiger partial charge in [-0.2, -0.15) is 0 Å². The molecule has 2 aromatic heterocycles. The quantitative estimate of drug-likeness (QED) is 0.192. The first-order valence-electron chi connectivity index (χ1n) is 15.3. The number of fused-ring (bicyclic) bond motifs is 4. The van der Waals surface area contributed by atoms with Crippen molar-refractivity contribution in [3.63, 3.8) is 0 Å². The minimum atomic E-state index is 0.325. The zero-order valence-electron chi connectivity index (χ0n) is 23.5. The number of nitrogens with zero attached hydrogens (tertiary/aromatic N) is 2. The molecule has 0 bridgehead atoms. The first-order valence-corrected chi connectivity index (χ1v) is 15.3. The molecule has 0 radical (unpaired) electrons. The molecule has 2 saturated heterocycles. The summed E-state index contributed by atoms with van der Waals surface area (Å²) < 4.78 is 0. The third-order valence-electron chi connectivity index (χ3n) is 9.74. The van der Waals surface area contributed by atoms with Crippen LogP contribution < -0.4 is 10.6 Å². The van der Waals surface area contributed by atoms with Gasteiger partial charge in [0.15, 0.2) is 0 Å². The van der Waals surface area contributed by atoms with Gasteiger partial charge in [0, 0.05) is 23.0 Å². The second-order valence-corrected chi connectivity index (χ2v) is 12.3. The molecule has 3 aromatic carbocycles. The van der Waals surface area contributed by atoms with Gasteiger partial charge in [0.2, 0.25) is 0 Å². The number of H-pyrrole nitrogens is 2. The molecule has 0 spiro atoms. The largest absolute Gasteiger partial charge is 0.341 e. The van der Waals surface area contributed by atoms with Crippen LogP contribution >= 0.6 is 0 Å². The van der Waals surface area contributed by atoms with E-state index in [0.29, 0.717) is 24.2 Å². The number of hydrogen-bond donors (Lipinski definition) is 4. The van der Waals surface area contributed by atoms with Crippen molar-refractivity contribution in [2.75, 3.05) is 0 Å². The Labute approximate surface area is 235 Å². The normalized spacial score (nSPS) is 24.4. The third kappa shape index (κ3) is 4.00. The molecule has 6 nitrogen and oxygen atoms in total. The summed E-state index contributed by atoms with van der Waals surface area (Å²) in [5.74, 6) is 2.16. The minimum absolute atomic E-state index is 0.325. The number of nitrogens with one attached hydrogen (secondary N) is 4. The van der Waals surface area contributed by atoms with Gasteiger partial charge < -0.3 is 20.6 Å². The van der Waals surface area contributed by atoms with E-state index in [1.807, 2.05) is 6.20 Å². The highest BCUT2D eigenvalue weighted by molar-refractivity contribution is 6.05. The lowest BCUT2D eigenvalue weighted by Crippen LogP contribution is -2.23. The van der Waals surface area contributed by atoms with Crippen molar-refractivity contribution in [2.45, 2.75) is 89.4 Å². The van der Waals surface area contributed by atoms with Gasteiger partial charge in [-0.05, 0) is 98.1 Å². The summed E-state index contributed by atoms with van der Waals surface area (Å²) in [5.41, 5.74) is 10.3. The minimum Gasteiger partial charge on any atom is -0.341 e. The Morgan fingerprint density at radius 1 is 0.825 bits per heavy atom. The standard InChI is InChI=1S/C34H38N6/c1-3-22-10-16-29(37-22)33-35-18-31(39-33)27-13-12-23(25-5-4-6-26(25)27)20-8-11-24-21(17-20)9-15-28-32(24)40-34(38-28)30-14-7-19(2)36-30/h8-9,11-13,15,17-19,22,29-30,36-37H,3-7,10,14,16H2,1-2H3,(H,35,39)(H,38,40). The topological polar surface area (TPSA) is 81.4 Å². The molecular weight excluding hydrogens is 492 g/mol. The van der Waals surface area contributed by atoms with Crippen molar-refractivity contribution in [3.8, 4) is 22.4 Å². The zero-order chi connectivity index (χ0) is 26.8. The van der Waals surface area contributed by atoms with Crippen LogP contribution in [0.25, 0.3) is 44.2 Å². The Morgan fingerprint density at radius 2 is 1.65 bits per heavy atom. The van der Waals surface area contributed by atoms with Crippen LogP contribution in [0.3, 0.4) is 0 Å². The number of imidazole rings is 2. The first-order chi connectivity index (χ1) is 19.6. The molecule has 6 heteroatoms. The summed E-state index contributed by atoms with van der Waals surface area (Å²) in [5, 5.41) is 9.88. The number of rotatable bonds is 5. The van der Waals surface area contributed by atoms with E-state index in [-0.39, 0.29) is 0 Å². The Morgan fingerprint density at radius 3 is 2.48 bits per heavy atom. The maximum Gasteiger partial charge on any atom is 0.124 e. The van der Waals surface area contributed by atoms with Crippen LogP contribution in [0, 0.1) is 0 Å². The first kappa shape index (κ1) is 24.3. The van der Waals surface area contributed by atoms with E-state index in [0.717, 1.165) is 54.1 Å². The summed E-state index contributed by atoms with van der Waals surface area (Å²) in [6.07, 6.45) is 11.4. The molecule has 5 aromatic rings. The molecule has 2 aliphatic heterocycles. The Hall–Kier alpha value is -3.48. The molecule has 8 rings (SSSR count). The Bertz CT molecular complexity index is 1730. The average Bonchev–Trinajstić information content (AvgIpc) is 3.81. The number of aromatic amines is 2. The molecular formula is C34H38N6. The van der Waals surface area contributed by atoms with E-state index < -0.39 is 0 Å². The van der Waals surface area contributed by atoms with Crippen molar-refractivity contribution in [2.24, 2.45) is 0 Å². The van der Waals surface area contributed by atoms with Crippen molar-refractivity contribution in [1.29, 1.82) is 0 Å². The maximum absolute atomic E-state index is 5.07. The summed E-state index contributed by atoms with van der Waals surface area (Å²) in [4.78, 5) is 17.2. The van der Waals surface area contributed by atoms with E-state index in [4.69, 9.17) is 9.97 Å². The second-order valence-electron chi connectivity index (χ2n) is 12.3. The van der Waals surface area contributed by atoms with Crippen LogP contribution in [0.2, 0.25) is 0 Å². The van der Waals surface area contributed by atoms with E-state index in [2.05, 4.69) is 76.9 Å². The lowest BCUT2D eigenvalue weighted by molar-refractivity contribution is 0.527. The van der Waals surface area contributed by atoms with Gasteiger partial charge in [0.05, 0.1) is 35.0 Å². The number of benzene rings is 3. The summed E-state index contributed by atoms with van der Waals surface area (Å²) >= 11 is 0. The van der Waals surface area contributed by atoms with Gasteiger partial charge in [-0.25, -0.2) is 9.97 Å². The SMILES string of the molecule is CCC1CCC(c2ncc(-c3ccc(-c4ccc5c(ccc6[nH]c(C7CCC(C)N7)nc65)c4)c4c3CCC4)[nH]2)N1. The molecule has 3 aliphatic rings. The van der Waals surface area contributed by atoms with Crippen molar-refractivity contribution < 1.29 is 0 Å². The van der Waals surface area contributed by atoms with Crippen molar-refractivity contribution in [1.82, 2.24) is 30.6 Å². The van der Waals surface area contributed by atoms with Gasteiger partial charge in [-0.1, -0.05) is 37.3 Å². The Kier molecular flexibility index (Phi) is 5.82. The molecule has 0 saturated carbocycles. The highest BCUT2D eigenvalue weighted by atomic mass is 15.1. The smallest absolute Gasteiger partial charge is 0.124 e. The third-order valence-corrected chi connectivity index (χ3v) is 9.74. The van der Waals surface area contributed by atoms with Crippen LogP contribution in [0.5, 0.6) is 0 Å². The lowest BCUT2D eigenvalue weighted by Gasteiger charge is -2.14. The van der Waals surface area contributed by atoms with Gasteiger partial charge >= 0.3 is 0 Å². The Balaban J connectivity index is 1.13. The fourth-order valence-electron chi connectivity index (χ4n) is 7.53. The molecule has 40 heavy (non-hydrogen) atoms. The van der Waals surface area contributed by atoms with Crippen molar-refractivity contribution >= 4 is 21.8 Å². The van der Waals surface area contributed by atoms with Crippen molar-refractivity contribution in [3.05, 3.63) is 71.4 Å². The highest BCUT2D eigenvalue weighted by Gasteiger charge is 2.27. The molecule has 4 heterocycles. The molecule has 4 atom stereocenters. The molecule has 2 fully saturated rings. The lowest BCUT2D eigenvalue weighted by atomic mass is 9.91. The molecule has 4 unspecified atom stereocenters. The average molecular weight is 531 g/mol. The molecule has 204 valence electrons. The summed E-state index contributed by atoms with van der Waals surface area (Å²) in [6.45, 7) is 4.52. The number of aromatic nitrogens is 4. The fraction of sp³-hybridized carbons (Fsp3) is 0.412. The summed E-state index contributed by atoms with van der Waals surface area (Å²) in [7, 11) is 0. The van der Waals surface area contributed by atoms with Gasteiger partial charge in [-0.3, -0.25) is 0 Å². The van der Waals surface area contributed by atoms with Gasteiger partial charge in [0.25, 0.3) is 0 Å². The van der Waals surface area contributed by atoms with E-state index in [9.17, 15) is 0 Å². The van der Waals surface area contributed by atoms with Crippen LogP contribution in [0.4, 0.5) is 0 Å². The van der Waals surface area contributed by atoms with E-state index in [1.165, 1.54) is 64.3 Å². The predicted molar refractivity (Wildman–Crippen MR) is 162 cm³/mol. The highest BCUT2D eigenvalue weighted by Crippen LogP contribution is 2.40. The number of hydrogen-bond acceptors (Lipinski definition) is 4. The molecule has 1 aliphatic carbocycles. The van der Waals surface area contributed by atoms with Crippen LogP contribution in [-0.2, 0) is 12.8 Å². The fourth-order valence-corrected chi connectivity index (χ4v) is 7.53. The van der Waals surface area contributed by atoms with Crippen LogP contribution in [-0.4, -0.2) is 32.0 Å². The van der Waals surface area contributed by atoms with Crippen LogP contribution in [0.1, 0.15) is 87.2 Å². The maximum atomic E-state index is 5.07. The molecule has 4 N–H and O–H groups in total. The van der Waals surface area contributed by atoms with Gasteiger partial charge in [0.1, 0.15) is 11.6 Å². The predicted octanol–water partition coefficient (Wildman–Crippen LogP) is 7.28. The van der Waals surface area contributed by atoms with E-state index in [1.54, 1.807) is 0 Å². The van der Waals surface area contributed by atoms with E-state index >= 15 is 0 Å². The second kappa shape index (κ2) is 9.57. The summed E-state index contributed by atoms with van der Waals surface area (Å²) in [6, 6.07) is 17.9. The van der Waals surface area contributed by atoms with Gasteiger partial charge in [-0.15, -0.1) is 0 Å².